The van der Waals surface area contributed by atoms with Crippen molar-refractivity contribution >= 4 is 12.0 Å². The van der Waals surface area contributed by atoms with E-state index in [1.807, 2.05) is 36.4 Å². The van der Waals surface area contributed by atoms with Crippen molar-refractivity contribution in [2.24, 2.45) is 0 Å². The third kappa shape index (κ3) is 4.08. The number of ether oxygens (including phenoxy) is 4. The first kappa shape index (κ1) is 20.1. The Morgan fingerprint density at radius 2 is 1.77 bits per heavy atom. The average molecular weight is 409 g/mol. The Morgan fingerprint density at radius 3 is 2.47 bits per heavy atom. The van der Waals surface area contributed by atoms with Gasteiger partial charge in [-0.25, -0.2) is 0 Å². The molecule has 6 heteroatoms. The van der Waals surface area contributed by atoms with Gasteiger partial charge in [-0.2, -0.15) is 0 Å². The van der Waals surface area contributed by atoms with Crippen LogP contribution < -0.4 is 24.3 Å². The van der Waals surface area contributed by atoms with Crippen molar-refractivity contribution in [2.45, 2.75) is 31.2 Å². The molecule has 0 saturated heterocycles. The lowest BCUT2D eigenvalue weighted by atomic mass is 9.88. The molecule has 1 amide bonds. The molecule has 2 aromatic rings. The molecule has 0 bridgehead atoms. The summed E-state index contributed by atoms with van der Waals surface area (Å²) in [6, 6.07) is 11.7. The van der Waals surface area contributed by atoms with E-state index in [4.69, 9.17) is 18.9 Å². The van der Waals surface area contributed by atoms with Crippen LogP contribution in [0.1, 0.15) is 36.8 Å². The topological polar surface area (TPSA) is 66.0 Å². The van der Waals surface area contributed by atoms with Gasteiger partial charge in [0.1, 0.15) is 19.0 Å². The van der Waals surface area contributed by atoms with Gasteiger partial charge < -0.3 is 24.3 Å². The summed E-state index contributed by atoms with van der Waals surface area (Å²) in [5.41, 5.74) is 1.60. The van der Waals surface area contributed by atoms with E-state index >= 15 is 0 Å². The number of amides is 1. The fourth-order valence-electron chi connectivity index (χ4n) is 4.21. The van der Waals surface area contributed by atoms with Crippen molar-refractivity contribution in [2.75, 3.05) is 27.4 Å². The zero-order valence-electron chi connectivity index (χ0n) is 17.4. The van der Waals surface area contributed by atoms with Crippen LogP contribution >= 0.6 is 0 Å². The van der Waals surface area contributed by atoms with Gasteiger partial charge in [0, 0.05) is 6.08 Å². The predicted octanol–water partition coefficient (Wildman–Crippen LogP) is 4.07. The smallest absolute Gasteiger partial charge is 0.244 e. The third-order valence-electron chi connectivity index (χ3n) is 5.74. The maximum Gasteiger partial charge on any atom is 0.244 e. The Bertz CT molecular complexity index is 912. The molecule has 158 valence electrons. The minimum absolute atomic E-state index is 0.124. The molecule has 1 saturated carbocycles. The fourth-order valence-corrected chi connectivity index (χ4v) is 4.21. The molecule has 1 aliphatic heterocycles. The molecule has 2 aliphatic rings. The minimum atomic E-state index is -0.335. The Hall–Kier alpha value is -3.15. The molecule has 6 nitrogen and oxygen atoms in total. The highest BCUT2D eigenvalue weighted by Gasteiger charge is 2.36. The second kappa shape index (κ2) is 8.69. The van der Waals surface area contributed by atoms with Crippen molar-refractivity contribution in [3.63, 3.8) is 0 Å². The third-order valence-corrected chi connectivity index (χ3v) is 5.74. The van der Waals surface area contributed by atoms with E-state index in [0.717, 1.165) is 42.6 Å². The van der Waals surface area contributed by atoms with Gasteiger partial charge in [-0.3, -0.25) is 4.79 Å². The molecule has 2 aromatic carbocycles. The molecule has 1 aliphatic carbocycles. The summed E-state index contributed by atoms with van der Waals surface area (Å²) in [5, 5.41) is 3.25. The Morgan fingerprint density at radius 1 is 1.03 bits per heavy atom. The van der Waals surface area contributed by atoms with Crippen LogP contribution in [0.5, 0.6) is 23.0 Å². The van der Waals surface area contributed by atoms with E-state index in [2.05, 4.69) is 5.32 Å². The summed E-state index contributed by atoms with van der Waals surface area (Å²) in [6.07, 6.45) is 7.37. The van der Waals surface area contributed by atoms with Crippen LogP contribution in [0.3, 0.4) is 0 Å². The summed E-state index contributed by atoms with van der Waals surface area (Å²) in [6.45, 7) is 0.989. The first-order valence-electron chi connectivity index (χ1n) is 10.3. The lowest BCUT2D eigenvalue weighted by molar-refractivity contribution is -0.118. The van der Waals surface area contributed by atoms with Crippen molar-refractivity contribution in [1.29, 1.82) is 0 Å². The maximum absolute atomic E-state index is 12.8. The average Bonchev–Trinajstić information content (AvgIpc) is 3.26. The van der Waals surface area contributed by atoms with Gasteiger partial charge in [-0.1, -0.05) is 25.0 Å². The number of carbonyl (C=O) groups excluding carboxylic acids is 1. The van der Waals surface area contributed by atoms with Crippen LogP contribution in [0.4, 0.5) is 0 Å². The summed E-state index contributed by atoms with van der Waals surface area (Å²) in [4.78, 5) is 12.8. The van der Waals surface area contributed by atoms with Gasteiger partial charge >= 0.3 is 0 Å². The molecule has 1 N–H and O–H groups in total. The number of hydrogen-bond donors (Lipinski definition) is 1. The second-order valence-electron chi connectivity index (χ2n) is 7.59. The number of nitrogens with one attached hydrogen (secondary N) is 1. The second-order valence-corrected chi connectivity index (χ2v) is 7.59. The Labute approximate surface area is 176 Å². The molecule has 0 spiro atoms. The molecule has 0 atom stereocenters. The normalized spacial score (nSPS) is 17.0. The monoisotopic (exact) mass is 409 g/mol. The van der Waals surface area contributed by atoms with E-state index < -0.39 is 0 Å². The number of hydrogen-bond acceptors (Lipinski definition) is 5. The number of methoxy groups -OCH3 is 2. The zero-order chi connectivity index (χ0) is 21.0. The fraction of sp³-hybridized carbons (Fsp3) is 0.375. The van der Waals surface area contributed by atoms with Crippen LogP contribution in [-0.4, -0.2) is 33.3 Å². The maximum atomic E-state index is 12.8. The molecular formula is C24H27NO5. The SMILES string of the molecule is COc1ccc(C2(NC(=O)/C=C\c3cc(OC)c4c(c3)OCCO4)CCCC2)cc1. The van der Waals surface area contributed by atoms with E-state index in [9.17, 15) is 4.79 Å². The summed E-state index contributed by atoms with van der Waals surface area (Å²) < 4.78 is 22.0. The molecule has 30 heavy (non-hydrogen) atoms. The van der Waals surface area contributed by atoms with Gasteiger partial charge in [-0.15, -0.1) is 0 Å². The van der Waals surface area contributed by atoms with Crippen molar-refractivity contribution < 1.29 is 23.7 Å². The molecule has 0 unspecified atom stereocenters. The molecule has 0 aromatic heterocycles. The lowest BCUT2D eigenvalue weighted by Crippen LogP contribution is -2.43. The van der Waals surface area contributed by atoms with Crippen LogP contribution in [0.2, 0.25) is 0 Å². The molecule has 4 rings (SSSR count). The molecule has 1 heterocycles. The van der Waals surface area contributed by atoms with Gasteiger partial charge in [-0.05, 0) is 54.3 Å². The van der Waals surface area contributed by atoms with Crippen molar-refractivity contribution in [3.8, 4) is 23.0 Å². The highest BCUT2D eigenvalue weighted by atomic mass is 16.6. The van der Waals surface area contributed by atoms with Crippen LogP contribution in [0.25, 0.3) is 6.08 Å². The van der Waals surface area contributed by atoms with E-state index in [1.165, 1.54) is 0 Å². The Kier molecular flexibility index (Phi) is 5.84. The summed E-state index contributed by atoms with van der Waals surface area (Å²) in [7, 11) is 3.24. The number of rotatable bonds is 6. The largest absolute Gasteiger partial charge is 0.497 e. The minimum Gasteiger partial charge on any atom is -0.497 e. The van der Waals surface area contributed by atoms with Crippen molar-refractivity contribution in [1.82, 2.24) is 5.32 Å². The molecule has 1 fully saturated rings. The van der Waals surface area contributed by atoms with Gasteiger partial charge in [0.15, 0.2) is 11.5 Å². The van der Waals surface area contributed by atoms with E-state index in [1.54, 1.807) is 26.4 Å². The quantitative estimate of drug-likeness (QED) is 0.729. The standard InChI is InChI=1S/C24H27NO5/c1-27-19-8-6-18(7-9-19)24(11-3-4-12-24)25-22(26)10-5-17-15-20(28-2)23-21(16-17)29-13-14-30-23/h5-10,15-16H,3-4,11-14H2,1-2H3,(H,25,26)/b10-5-. The predicted molar refractivity (Wildman–Crippen MR) is 114 cm³/mol. The number of fused-ring (bicyclic) bond motifs is 1. The van der Waals surface area contributed by atoms with Crippen LogP contribution in [-0.2, 0) is 10.3 Å². The Balaban J connectivity index is 1.52. The van der Waals surface area contributed by atoms with Gasteiger partial charge in [0.25, 0.3) is 0 Å². The van der Waals surface area contributed by atoms with Crippen LogP contribution in [0, 0.1) is 0 Å². The number of carbonyl (C=O) groups is 1. The molecular weight excluding hydrogens is 382 g/mol. The zero-order valence-corrected chi connectivity index (χ0v) is 17.4. The van der Waals surface area contributed by atoms with E-state index in [-0.39, 0.29) is 11.4 Å². The summed E-state index contributed by atoms with van der Waals surface area (Å²) in [5.74, 6) is 2.52. The van der Waals surface area contributed by atoms with E-state index in [0.29, 0.717) is 30.5 Å². The molecule has 0 radical (unpaired) electrons. The number of benzene rings is 2. The highest BCUT2D eigenvalue weighted by Crippen LogP contribution is 2.41. The summed E-state index contributed by atoms with van der Waals surface area (Å²) >= 11 is 0. The lowest BCUT2D eigenvalue weighted by Gasteiger charge is -2.30. The van der Waals surface area contributed by atoms with Gasteiger partial charge in [0.05, 0.1) is 19.8 Å². The van der Waals surface area contributed by atoms with Crippen molar-refractivity contribution in [3.05, 3.63) is 53.6 Å². The highest BCUT2D eigenvalue weighted by molar-refractivity contribution is 5.92. The first-order valence-corrected chi connectivity index (χ1v) is 10.3. The van der Waals surface area contributed by atoms with Gasteiger partial charge in [0.2, 0.25) is 11.7 Å². The van der Waals surface area contributed by atoms with Crippen LogP contribution in [0.15, 0.2) is 42.5 Å². The first-order chi connectivity index (χ1) is 14.6.